The normalized spacial score (nSPS) is 15.6. The molecule has 0 aliphatic heterocycles. The van der Waals surface area contributed by atoms with Crippen molar-refractivity contribution >= 4 is 0 Å². The Morgan fingerprint density at radius 2 is 1.94 bits per heavy atom. The zero-order valence-corrected chi connectivity index (χ0v) is 12.0. The fourth-order valence-electron chi connectivity index (χ4n) is 2.26. The molecule has 0 aromatic heterocycles. The minimum Gasteiger partial charge on any atom is -0.396 e. The second kappa shape index (κ2) is 7.85. The van der Waals surface area contributed by atoms with E-state index in [1.165, 1.54) is 12.8 Å². The van der Waals surface area contributed by atoms with E-state index >= 15 is 0 Å². The Bertz CT molecular complexity index is 216. The van der Waals surface area contributed by atoms with Gasteiger partial charge in [0.1, 0.15) is 12.1 Å². The number of rotatable bonds is 10. The van der Waals surface area contributed by atoms with Gasteiger partial charge in [-0.05, 0) is 12.5 Å². The number of hydrogen-bond donors (Lipinski definition) is 1. The molecule has 0 aromatic carbocycles. The molecule has 3 nitrogen and oxygen atoms in total. The first kappa shape index (κ1) is 16.6. The van der Waals surface area contributed by atoms with Crippen molar-refractivity contribution in [3.63, 3.8) is 0 Å². The molecule has 0 saturated heterocycles. The summed E-state index contributed by atoms with van der Waals surface area (Å²) in [6, 6.07) is 0. The number of hydrogen-bond acceptors (Lipinski definition) is 2. The molecule has 0 rings (SSSR count). The molecule has 1 N–H and O–H groups in total. The van der Waals surface area contributed by atoms with Gasteiger partial charge in [0.25, 0.3) is 0 Å². The summed E-state index contributed by atoms with van der Waals surface area (Å²) < 4.78 is 0.442. The Hall–Kier alpha value is -0.380. The Morgan fingerprint density at radius 1 is 1.29 bits per heavy atom. The lowest BCUT2D eigenvalue weighted by Crippen LogP contribution is -2.58. The third kappa shape index (κ3) is 4.41. The highest BCUT2D eigenvalue weighted by molar-refractivity contribution is 4.95. The van der Waals surface area contributed by atoms with Gasteiger partial charge in [-0.25, -0.2) is 4.84 Å². The van der Waals surface area contributed by atoms with Crippen molar-refractivity contribution in [3.05, 3.63) is 12.7 Å². The van der Waals surface area contributed by atoms with Crippen molar-refractivity contribution in [2.75, 3.05) is 27.3 Å². The number of aliphatic hydroxyl groups excluding tert-OH is 1. The molecule has 0 amide bonds. The fraction of sp³-hybridized carbons (Fsp3) is 0.857. The molecule has 17 heavy (non-hydrogen) atoms. The molecule has 0 aliphatic rings. The molecule has 1 unspecified atom stereocenters. The molecule has 0 aliphatic carbocycles. The van der Waals surface area contributed by atoms with Gasteiger partial charge < -0.3 is 5.11 Å². The second-order valence-corrected chi connectivity index (χ2v) is 5.03. The van der Waals surface area contributed by atoms with Gasteiger partial charge in [0.15, 0.2) is 0 Å². The molecule has 0 heterocycles. The van der Waals surface area contributed by atoms with Crippen LogP contribution >= 0.6 is 0 Å². The molecule has 0 bridgehead atoms. The summed E-state index contributed by atoms with van der Waals surface area (Å²) in [5, 5.41) is 9.22. The van der Waals surface area contributed by atoms with Crippen LogP contribution in [0.25, 0.3) is 0 Å². The van der Waals surface area contributed by atoms with Crippen LogP contribution in [0.1, 0.15) is 46.0 Å². The second-order valence-electron chi connectivity index (χ2n) is 5.03. The van der Waals surface area contributed by atoms with E-state index in [1.54, 1.807) is 0 Å². The lowest BCUT2D eigenvalue weighted by atomic mass is 9.90. The average molecular weight is 244 g/mol. The van der Waals surface area contributed by atoms with Crippen LogP contribution in [0.4, 0.5) is 0 Å². The van der Waals surface area contributed by atoms with Gasteiger partial charge in [-0.2, -0.15) is 4.65 Å². The van der Waals surface area contributed by atoms with Crippen molar-refractivity contribution < 1.29 is 14.6 Å². The monoisotopic (exact) mass is 244 g/mol. The van der Waals surface area contributed by atoms with Crippen LogP contribution in [0, 0.1) is 0 Å². The summed E-state index contributed by atoms with van der Waals surface area (Å²) in [5.41, 5.74) is -0.193. The summed E-state index contributed by atoms with van der Waals surface area (Å²) in [4.78, 5) is 5.99. The van der Waals surface area contributed by atoms with Crippen LogP contribution in [0.15, 0.2) is 12.7 Å². The van der Waals surface area contributed by atoms with E-state index in [-0.39, 0.29) is 12.1 Å². The van der Waals surface area contributed by atoms with E-state index in [1.807, 2.05) is 20.2 Å². The number of quaternary nitrogens is 1. The minimum atomic E-state index is -0.193. The summed E-state index contributed by atoms with van der Waals surface area (Å²) in [5.74, 6) is 0. The summed E-state index contributed by atoms with van der Waals surface area (Å²) >= 11 is 0. The molecular formula is C14H30NO2+. The highest BCUT2D eigenvalue weighted by Gasteiger charge is 2.43. The number of nitrogens with zero attached hydrogens (tertiary/aromatic N) is 1. The van der Waals surface area contributed by atoms with Crippen LogP contribution in [-0.2, 0) is 4.84 Å². The lowest BCUT2D eigenvalue weighted by Gasteiger charge is -2.43. The van der Waals surface area contributed by atoms with Gasteiger partial charge in [-0.1, -0.05) is 33.3 Å². The van der Waals surface area contributed by atoms with Crippen LogP contribution in [0.5, 0.6) is 0 Å². The third-order valence-electron chi connectivity index (χ3n) is 3.77. The highest BCUT2D eigenvalue weighted by Crippen LogP contribution is 2.30. The molecule has 102 valence electrons. The zero-order valence-electron chi connectivity index (χ0n) is 12.0. The zero-order chi connectivity index (χ0) is 13.4. The predicted molar refractivity (Wildman–Crippen MR) is 72.5 cm³/mol. The number of hydroxylamine groups is 3. The average Bonchev–Trinajstić information content (AvgIpc) is 2.31. The van der Waals surface area contributed by atoms with E-state index in [0.29, 0.717) is 11.1 Å². The maximum Gasteiger partial charge on any atom is 0.149 e. The summed E-state index contributed by atoms with van der Waals surface area (Å²) in [7, 11) is 4.10. The van der Waals surface area contributed by atoms with Crippen LogP contribution < -0.4 is 0 Å². The highest BCUT2D eigenvalue weighted by atomic mass is 16.7. The predicted octanol–water partition coefficient (Wildman–Crippen LogP) is 2.90. The molecule has 0 fully saturated rings. The first-order chi connectivity index (χ1) is 7.99. The largest absolute Gasteiger partial charge is 0.396 e. The van der Waals surface area contributed by atoms with Gasteiger partial charge in [-0.3, -0.25) is 0 Å². The molecule has 0 saturated carbocycles. The number of aliphatic hydroxyl groups is 1. The van der Waals surface area contributed by atoms with Crippen molar-refractivity contribution in [3.8, 4) is 0 Å². The van der Waals surface area contributed by atoms with Gasteiger partial charge in [0.05, 0.1) is 14.1 Å². The molecule has 0 radical (unpaired) electrons. The maximum atomic E-state index is 9.22. The standard InChI is InChI=1S/C14H30NO2/c1-6-9-10-13-17-15(4,5)14(7-2,8-3)11-12-16/h7,16H,2,6,8-13H2,1,3-5H3/q+1. The topological polar surface area (TPSA) is 29.5 Å². The van der Waals surface area contributed by atoms with E-state index in [2.05, 4.69) is 20.4 Å². The maximum absolute atomic E-state index is 9.22. The van der Waals surface area contributed by atoms with E-state index in [9.17, 15) is 5.11 Å². The third-order valence-corrected chi connectivity index (χ3v) is 3.77. The number of likely N-dealkylation sites (N-methyl/N-ethyl adjacent to an activating group) is 1. The van der Waals surface area contributed by atoms with E-state index in [0.717, 1.165) is 19.4 Å². The van der Waals surface area contributed by atoms with Crippen molar-refractivity contribution in [2.24, 2.45) is 0 Å². The summed E-state index contributed by atoms with van der Waals surface area (Å²) in [6.07, 6.45) is 7.03. The SMILES string of the molecule is C=CC(CC)(CCO)[N+](C)(C)OCCCCC. The lowest BCUT2D eigenvalue weighted by molar-refractivity contribution is -1.11. The Morgan fingerprint density at radius 3 is 2.35 bits per heavy atom. The van der Waals surface area contributed by atoms with Gasteiger partial charge in [0, 0.05) is 19.4 Å². The molecular weight excluding hydrogens is 214 g/mol. The van der Waals surface area contributed by atoms with Gasteiger partial charge >= 0.3 is 0 Å². The first-order valence-electron chi connectivity index (χ1n) is 6.72. The quantitative estimate of drug-likeness (QED) is 0.277. The minimum absolute atomic E-state index is 0.167. The van der Waals surface area contributed by atoms with Gasteiger partial charge in [0.2, 0.25) is 0 Å². The summed E-state index contributed by atoms with van der Waals surface area (Å²) in [6.45, 7) is 9.16. The van der Waals surface area contributed by atoms with Crippen molar-refractivity contribution in [2.45, 2.75) is 51.5 Å². The van der Waals surface area contributed by atoms with Crippen LogP contribution in [0.2, 0.25) is 0 Å². The molecule has 0 spiro atoms. The molecule has 3 heteroatoms. The molecule has 1 atom stereocenters. The van der Waals surface area contributed by atoms with E-state index < -0.39 is 0 Å². The van der Waals surface area contributed by atoms with Crippen LogP contribution in [-0.4, -0.2) is 42.6 Å². The Labute approximate surface area is 107 Å². The Balaban J connectivity index is 4.53. The van der Waals surface area contributed by atoms with Crippen molar-refractivity contribution in [1.82, 2.24) is 0 Å². The first-order valence-corrected chi connectivity index (χ1v) is 6.72. The van der Waals surface area contributed by atoms with Crippen LogP contribution in [0.3, 0.4) is 0 Å². The number of unbranched alkanes of at least 4 members (excludes halogenated alkanes) is 2. The fourth-order valence-corrected chi connectivity index (χ4v) is 2.26. The smallest absolute Gasteiger partial charge is 0.149 e. The molecule has 0 aromatic rings. The van der Waals surface area contributed by atoms with Gasteiger partial charge in [-0.15, -0.1) is 0 Å². The van der Waals surface area contributed by atoms with E-state index in [4.69, 9.17) is 4.84 Å². The Kier molecular flexibility index (Phi) is 7.68. The van der Waals surface area contributed by atoms with Crippen molar-refractivity contribution in [1.29, 1.82) is 0 Å².